The Morgan fingerprint density at radius 2 is 1.90 bits per heavy atom. The van der Waals surface area contributed by atoms with Crippen molar-refractivity contribution in [3.05, 3.63) is 42.4 Å². The molecule has 1 saturated heterocycles. The van der Waals surface area contributed by atoms with Crippen LogP contribution in [0.15, 0.2) is 46.8 Å². The Labute approximate surface area is 282 Å². The molecule has 0 bridgehead atoms. The van der Waals surface area contributed by atoms with E-state index >= 15 is 0 Å². The normalized spacial score (nSPS) is 19.0. The summed E-state index contributed by atoms with van der Waals surface area (Å²) in [7, 11) is 1.64. The van der Waals surface area contributed by atoms with Crippen LogP contribution >= 0.6 is 0 Å². The number of aromatic nitrogens is 4. The number of nitrogens with one attached hydrogen (secondary N) is 2. The summed E-state index contributed by atoms with van der Waals surface area (Å²) < 4.78 is 24.4. The van der Waals surface area contributed by atoms with Crippen LogP contribution in [-0.2, 0) is 9.47 Å². The van der Waals surface area contributed by atoms with Crippen molar-refractivity contribution in [1.29, 1.82) is 5.26 Å². The number of nitrogens with zero attached hydrogens (tertiary/aromatic N) is 7. The van der Waals surface area contributed by atoms with Gasteiger partial charge in [0.1, 0.15) is 36.6 Å². The predicted molar refractivity (Wildman–Crippen MR) is 186 cm³/mol. The Kier molecular flexibility index (Phi) is 14.6. The van der Waals surface area contributed by atoms with Gasteiger partial charge in [-0.25, -0.2) is 15.0 Å². The Morgan fingerprint density at radius 1 is 1.15 bits per heavy atom. The van der Waals surface area contributed by atoms with E-state index in [9.17, 15) is 5.26 Å². The number of hydrogen-bond acceptors (Lipinski definition) is 11. The quantitative estimate of drug-likeness (QED) is 0.132. The number of aliphatic imine (C=N–C) groups is 2. The summed E-state index contributed by atoms with van der Waals surface area (Å²) >= 11 is 0. The molecule has 1 aliphatic carbocycles. The van der Waals surface area contributed by atoms with Gasteiger partial charge in [-0.1, -0.05) is 25.3 Å². The lowest BCUT2D eigenvalue weighted by atomic mass is 9.96. The second-order valence-electron chi connectivity index (χ2n) is 11.8. The lowest BCUT2D eigenvalue weighted by Gasteiger charge is -2.25. The molecule has 2 aliphatic rings. The van der Waals surface area contributed by atoms with Crippen molar-refractivity contribution in [3.8, 4) is 28.8 Å². The molecule has 1 saturated carbocycles. The van der Waals surface area contributed by atoms with E-state index in [-0.39, 0.29) is 6.10 Å². The van der Waals surface area contributed by atoms with E-state index in [4.69, 9.17) is 29.8 Å². The molecule has 3 aromatic rings. The first kappa shape index (κ1) is 36.3. The summed E-state index contributed by atoms with van der Waals surface area (Å²) in [5.74, 6) is 1.37. The number of anilines is 2. The molecule has 14 nitrogen and oxygen atoms in total. The molecule has 258 valence electrons. The topological polar surface area (TPSA) is 179 Å². The number of nitrogens with two attached hydrogens (primary N) is 1. The number of benzene rings is 1. The van der Waals surface area contributed by atoms with Crippen LogP contribution < -0.4 is 25.8 Å². The minimum atomic E-state index is -0.274. The molecule has 14 heteroatoms. The zero-order valence-corrected chi connectivity index (χ0v) is 28.3. The molecule has 2 unspecified atom stereocenters. The van der Waals surface area contributed by atoms with Crippen LogP contribution in [0.25, 0.3) is 11.1 Å². The number of methoxy groups -OCH3 is 1. The molecule has 0 spiro atoms. The third-order valence-corrected chi connectivity index (χ3v) is 7.76. The second kappa shape index (κ2) is 19.3. The highest BCUT2D eigenvalue weighted by Crippen LogP contribution is 2.33. The van der Waals surface area contributed by atoms with E-state index in [0.29, 0.717) is 66.8 Å². The summed E-state index contributed by atoms with van der Waals surface area (Å²) in [6.45, 7) is 9.27. The minimum Gasteiger partial charge on any atom is -0.487 e. The number of morpholine rings is 1. The highest BCUT2D eigenvalue weighted by molar-refractivity contribution is 5.69. The maximum Gasteiger partial charge on any atom is 0.257 e. The molecule has 1 aliphatic heterocycles. The highest BCUT2D eigenvalue weighted by Gasteiger charge is 2.20. The average molecular weight is 661 g/mol. The van der Waals surface area contributed by atoms with E-state index in [2.05, 4.69) is 50.5 Å². The highest BCUT2D eigenvalue weighted by atomic mass is 16.5. The molecule has 5 rings (SSSR count). The van der Waals surface area contributed by atoms with Gasteiger partial charge in [-0.2, -0.15) is 5.26 Å². The fourth-order valence-electron chi connectivity index (χ4n) is 5.39. The van der Waals surface area contributed by atoms with E-state index in [0.717, 1.165) is 43.4 Å². The number of nitriles is 1. The Balaban J connectivity index is 0.000000569. The molecule has 3 atom stereocenters. The molecule has 3 heterocycles. The molecule has 2 aromatic heterocycles. The van der Waals surface area contributed by atoms with Crippen LogP contribution in [0, 0.1) is 11.3 Å². The van der Waals surface area contributed by atoms with Crippen LogP contribution in [0.1, 0.15) is 64.5 Å². The molecule has 4 N–H and O–H groups in total. The first-order valence-corrected chi connectivity index (χ1v) is 16.5. The van der Waals surface area contributed by atoms with Crippen molar-refractivity contribution in [2.24, 2.45) is 15.7 Å². The van der Waals surface area contributed by atoms with E-state index in [1.807, 2.05) is 23.9 Å². The SMILES string of the molecule is CC1CNCC(C)O1.COCCOc1nn(C2CCCCC2)cc1Nc1ncc(-c2ccc(C#N)c(O[C@@H](C)CN=CN=CN)c2)cn1. The van der Waals surface area contributed by atoms with Crippen molar-refractivity contribution in [2.45, 2.75) is 77.2 Å². The van der Waals surface area contributed by atoms with Crippen molar-refractivity contribution in [3.63, 3.8) is 0 Å². The monoisotopic (exact) mass is 660 g/mol. The molecular formula is C34H48N10O4. The summed E-state index contributed by atoms with van der Waals surface area (Å²) in [6, 6.07) is 7.89. The average Bonchev–Trinajstić information content (AvgIpc) is 3.50. The summed E-state index contributed by atoms with van der Waals surface area (Å²) in [5.41, 5.74) is 7.93. The first-order chi connectivity index (χ1) is 23.4. The van der Waals surface area contributed by atoms with Crippen LogP contribution in [0.5, 0.6) is 11.6 Å². The summed E-state index contributed by atoms with van der Waals surface area (Å²) in [5, 5.41) is 20.8. The maximum atomic E-state index is 9.54. The van der Waals surface area contributed by atoms with Gasteiger partial charge in [0.15, 0.2) is 0 Å². The largest absolute Gasteiger partial charge is 0.487 e. The third kappa shape index (κ3) is 11.3. The van der Waals surface area contributed by atoms with Gasteiger partial charge in [0.05, 0.1) is 49.5 Å². The number of rotatable bonds is 13. The van der Waals surface area contributed by atoms with Crippen LogP contribution in [-0.4, -0.2) is 90.7 Å². The third-order valence-electron chi connectivity index (χ3n) is 7.76. The fraction of sp³-hybridized carbons (Fsp3) is 0.529. The van der Waals surface area contributed by atoms with Gasteiger partial charge >= 0.3 is 0 Å². The van der Waals surface area contributed by atoms with Crippen molar-refractivity contribution in [2.75, 3.05) is 45.3 Å². The molecule has 48 heavy (non-hydrogen) atoms. The molecule has 2 fully saturated rings. The lowest BCUT2D eigenvalue weighted by molar-refractivity contribution is -0.0166. The zero-order chi connectivity index (χ0) is 34.1. The van der Waals surface area contributed by atoms with Gasteiger partial charge in [-0.15, -0.1) is 5.10 Å². The standard InChI is InChI=1S/C28H35N9O3.C6H13NO/c1-20(14-31-19-32-18-30)40-26-12-21(8-9-22(26)13-29)23-15-33-28(34-16-23)35-25-17-37(24-6-4-3-5-7-24)36-27(25)39-11-10-38-2;1-5-3-7-4-6(2)8-5/h8-9,12,15-20,24H,3-7,10-11,14H2,1-2H3,(H2,30,31,32)(H,33,34,35);5-7H,3-4H2,1-2H3/t20-;/m0./s1. The second-order valence-corrected chi connectivity index (χ2v) is 11.8. The molecule has 1 aromatic carbocycles. The Bertz CT molecular complexity index is 1490. The van der Waals surface area contributed by atoms with E-state index in [1.54, 1.807) is 31.6 Å². The number of hydrogen-bond donors (Lipinski definition) is 3. The van der Waals surface area contributed by atoms with Crippen molar-refractivity contribution in [1.82, 2.24) is 25.1 Å². The summed E-state index contributed by atoms with van der Waals surface area (Å²) in [6.07, 6.45) is 14.4. The Hall–Kier alpha value is -4.58. The smallest absolute Gasteiger partial charge is 0.257 e. The van der Waals surface area contributed by atoms with Gasteiger partial charge in [-0.05, 0) is 51.3 Å². The minimum absolute atomic E-state index is 0.274. The lowest BCUT2D eigenvalue weighted by Crippen LogP contribution is -2.41. The van der Waals surface area contributed by atoms with Gasteiger partial charge < -0.3 is 35.3 Å². The summed E-state index contributed by atoms with van der Waals surface area (Å²) in [4.78, 5) is 16.9. The van der Waals surface area contributed by atoms with Crippen LogP contribution in [0.3, 0.4) is 0 Å². The van der Waals surface area contributed by atoms with E-state index < -0.39 is 0 Å². The van der Waals surface area contributed by atoms with Crippen molar-refractivity contribution >= 4 is 24.3 Å². The predicted octanol–water partition coefficient (Wildman–Crippen LogP) is 4.65. The van der Waals surface area contributed by atoms with Gasteiger partial charge in [-0.3, -0.25) is 9.67 Å². The van der Waals surface area contributed by atoms with Gasteiger partial charge in [0.25, 0.3) is 5.88 Å². The molecular weight excluding hydrogens is 612 g/mol. The van der Waals surface area contributed by atoms with Crippen LogP contribution in [0.4, 0.5) is 11.6 Å². The number of ether oxygens (including phenoxy) is 4. The fourth-order valence-corrected chi connectivity index (χ4v) is 5.39. The van der Waals surface area contributed by atoms with Gasteiger partial charge in [0.2, 0.25) is 5.95 Å². The zero-order valence-electron chi connectivity index (χ0n) is 28.3. The maximum absolute atomic E-state index is 9.54. The Morgan fingerprint density at radius 3 is 2.54 bits per heavy atom. The molecule has 0 radical (unpaired) electrons. The molecule has 0 amide bonds. The van der Waals surface area contributed by atoms with E-state index in [1.165, 1.54) is 25.6 Å². The van der Waals surface area contributed by atoms with Crippen LogP contribution in [0.2, 0.25) is 0 Å². The van der Waals surface area contributed by atoms with Crippen molar-refractivity contribution < 1.29 is 18.9 Å². The van der Waals surface area contributed by atoms with Gasteiger partial charge in [0, 0.05) is 38.2 Å². The first-order valence-electron chi connectivity index (χ1n) is 16.5.